The zero-order valence-electron chi connectivity index (χ0n) is 13.0. The predicted molar refractivity (Wildman–Crippen MR) is 76.4 cm³/mol. The average molecular weight is 285 g/mol. The first kappa shape index (κ1) is 16.8. The first-order valence-electron chi connectivity index (χ1n) is 7.44. The standard InChI is InChI=1S/C15H27NO4/c1-11(16-14(18)20-15(2,3)4)13(17)19-10-12-8-6-5-7-9-12/h11-12H,5-10H2,1-4H3,(H,16,18). The van der Waals surface area contributed by atoms with Gasteiger partial charge in [-0.2, -0.15) is 0 Å². The minimum Gasteiger partial charge on any atom is -0.464 e. The smallest absolute Gasteiger partial charge is 0.408 e. The van der Waals surface area contributed by atoms with E-state index in [2.05, 4.69) is 5.32 Å². The number of amides is 1. The Labute approximate surface area is 121 Å². The van der Waals surface area contributed by atoms with Crippen molar-refractivity contribution in [3.8, 4) is 0 Å². The van der Waals surface area contributed by atoms with Crippen molar-refractivity contribution in [1.82, 2.24) is 5.32 Å². The second-order valence-electron chi connectivity index (χ2n) is 6.50. The van der Waals surface area contributed by atoms with Crippen LogP contribution in [-0.2, 0) is 14.3 Å². The van der Waals surface area contributed by atoms with E-state index in [1.54, 1.807) is 27.7 Å². The molecule has 1 fully saturated rings. The van der Waals surface area contributed by atoms with Crippen molar-refractivity contribution in [3.63, 3.8) is 0 Å². The summed E-state index contributed by atoms with van der Waals surface area (Å²) in [6, 6.07) is -0.687. The lowest BCUT2D eigenvalue weighted by molar-refractivity contribution is -0.147. The number of alkyl carbamates (subject to hydrolysis) is 1. The highest BCUT2D eigenvalue weighted by atomic mass is 16.6. The summed E-state index contributed by atoms with van der Waals surface area (Å²) in [5.41, 5.74) is -0.574. The molecule has 1 aliphatic rings. The van der Waals surface area contributed by atoms with Gasteiger partial charge in [0.2, 0.25) is 0 Å². The molecule has 1 aliphatic carbocycles. The van der Waals surface area contributed by atoms with Gasteiger partial charge in [0.05, 0.1) is 6.61 Å². The maximum atomic E-state index is 11.8. The van der Waals surface area contributed by atoms with Crippen LogP contribution in [-0.4, -0.2) is 30.3 Å². The predicted octanol–water partition coefficient (Wildman–Crippen LogP) is 3.02. The molecule has 116 valence electrons. The quantitative estimate of drug-likeness (QED) is 0.806. The van der Waals surface area contributed by atoms with Crippen molar-refractivity contribution in [1.29, 1.82) is 0 Å². The number of nitrogens with one attached hydrogen (secondary N) is 1. The third-order valence-corrected chi connectivity index (χ3v) is 3.27. The highest BCUT2D eigenvalue weighted by molar-refractivity contribution is 5.81. The van der Waals surface area contributed by atoms with E-state index < -0.39 is 23.7 Å². The van der Waals surface area contributed by atoms with Crippen molar-refractivity contribution < 1.29 is 19.1 Å². The highest BCUT2D eigenvalue weighted by Crippen LogP contribution is 2.23. The summed E-state index contributed by atoms with van der Waals surface area (Å²) in [6.07, 6.45) is 5.37. The van der Waals surface area contributed by atoms with Gasteiger partial charge in [-0.25, -0.2) is 9.59 Å². The second-order valence-corrected chi connectivity index (χ2v) is 6.50. The van der Waals surface area contributed by atoms with Crippen LogP contribution in [0.15, 0.2) is 0 Å². The van der Waals surface area contributed by atoms with Gasteiger partial charge in [0, 0.05) is 0 Å². The van der Waals surface area contributed by atoms with Crippen LogP contribution in [0.5, 0.6) is 0 Å². The number of carbonyl (C=O) groups excluding carboxylic acids is 2. The third kappa shape index (κ3) is 6.78. The topological polar surface area (TPSA) is 64.6 Å². The summed E-state index contributed by atoms with van der Waals surface area (Å²) in [4.78, 5) is 23.3. The van der Waals surface area contributed by atoms with Gasteiger partial charge in [-0.3, -0.25) is 0 Å². The Kier molecular flexibility index (Phi) is 6.30. The van der Waals surface area contributed by atoms with E-state index in [0.717, 1.165) is 12.8 Å². The van der Waals surface area contributed by atoms with E-state index in [9.17, 15) is 9.59 Å². The van der Waals surface area contributed by atoms with Gasteiger partial charge in [-0.05, 0) is 46.5 Å². The maximum Gasteiger partial charge on any atom is 0.408 e. The van der Waals surface area contributed by atoms with E-state index in [4.69, 9.17) is 9.47 Å². The molecule has 0 spiro atoms. The molecular weight excluding hydrogens is 258 g/mol. The minimum absolute atomic E-state index is 0.401. The number of ether oxygens (including phenoxy) is 2. The first-order valence-corrected chi connectivity index (χ1v) is 7.44. The summed E-state index contributed by atoms with van der Waals surface area (Å²) in [5.74, 6) is 0.0721. The second kappa shape index (κ2) is 7.50. The Balaban J connectivity index is 2.26. The summed E-state index contributed by atoms with van der Waals surface area (Å²) < 4.78 is 10.4. The van der Waals surface area contributed by atoms with Gasteiger partial charge in [0.25, 0.3) is 0 Å². The van der Waals surface area contributed by atoms with Crippen LogP contribution in [0.3, 0.4) is 0 Å². The van der Waals surface area contributed by atoms with Gasteiger partial charge in [0.1, 0.15) is 11.6 Å². The Bertz CT molecular complexity index is 329. The number of hydrogen-bond acceptors (Lipinski definition) is 4. The molecule has 0 aromatic carbocycles. The molecule has 5 nitrogen and oxygen atoms in total. The fourth-order valence-electron chi connectivity index (χ4n) is 2.22. The minimum atomic E-state index is -0.687. The molecule has 1 unspecified atom stereocenters. The van der Waals surface area contributed by atoms with Crippen LogP contribution < -0.4 is 5.32 Å². The van der Waals surface area contributed by atoms with E-state index in [0.29, 0.717) is 12.5 Å². The van der Waals surface area contributed by atoms with Gasteiger partial charge < -0.3 is 14.8 Å². The zero-order valence-corrected chi connectivity index (χ0v) is 13.0. The van der Waals surface area contributed by atoms with E-state index in [1.165, 1.54) is 19.3 Å². The number of esters is 1. The molecule has 20 heavy (non-hydrogen) atoms. The van der Waals surface area contributed by atoms with Crippen molar-refractivity contribution in [3.05, 3.63) is 0 Å². The average Bonchev–Trinajstić information content (AvgIpc) is 2.34. The lowest BCUT2D eigenvalue weighted by Gasteiger charge is -2.23. The van der Waals surface area contributed by atoms with E-state index in [1.807, 2.05) is 0 Å². The van der Waals surface area contributed by atoms with Gasteiger partial charge in [-0.1, -0.05) is 19.3 Å². The van der Waals surface area contributed by atoms with Crippen molar-refractivity contribution in [2.24, 2.45) is 5.92 Å². The maximum absolute atomic E-state index is 11.8. The van der Waals surface area contributed by atoms with Crippen LogP contribution in [0.1, 0.15) is 59.8 Å². The first-order chi connectivity index (χ1) is 9.28. The van der Waals surface area contributed by atoms with E-state index >= 15 is 0 Å². The molecule has 1 saturated carbocycles. The van der Waals surface area contributed by atoms with Crippen LogP contribution in [0, 0.1) is 5.92 Å². The molecule has 0 bridgehead atoms. The Hall–Kier alpha value is -1.26. The number of rotatable bonds is 4. The summed E-state index contributed by atoms with van der Waals surface area (Å²) in [5, 5.41) is 2.49. The van der Waals surface area contributed by atoms with Crippen LogP contribution in [0.25, 0.3) is 0 Å². The van der Waals surface area contributed by atoms with E-state index in [-0.39, 0.29) is 0 Å². The number of carbonyl (C=O) groups is 2. The van der Waals surface area contributed by atoms with Crippen molar-refractivity contribution in [2.45, 2.75) is 71.4 Å². The molecule has 1 rings (SSSR count). The van der Waals surface area contributed by atoms with Crippen LogP contribution >= 0.6 is 0 Å². The lowest BCUT2D eigenvalue weighted by atomic mass is 9.90. The molecule has 5 heteroatoms. The molecule has 0 saturated heterocycles. The fraction of sp³-hybridized carbons (Fsp3) is 0.867. The third-order valence-electron chi connectivity index (χ3n) is 3.27. The van der Waals surface area contributed by atoms with Crippen molar-refractivity contribution >= 4 is 12.1 Å². The molecular formula is C15H27NO4. The van der Waals surface area contributed by atoms with Crippen LogP contribution in [0.4, 0.5) is 4.79 Å². The largest absolute Gasteiger partial charge is 0.464 e. The summed E-state index contributed by atoms with van der Waals surface area (Å²) >= 11 is 0. The van der Waals surface area contributed by atoms with Crippen LogP contribution in [0.2, 0.25) is 0 Å². The Morgan fingerprint density at radius 1 is 1.20 bits per heavy atom. The molecule has 0 radical (unpaired) electrons. The SMILES string of the molecule is CC(NC(=O)OC(C)(C)C)C(=O)OCC1CCCCC1. The zero-order chi connectivity index (χ0) is 15.2. The monoisotopic (exact) mass is 285 g/mol. The summed E-state index contributed by atoms with van der Waals surface area (Å²) in [7, 11) is 0. The Morgan fingerprint density at radius 3 is 2.35 bits per heavy atom. The lowest BCUT2D eigenvalue weighted by Crippen LogP contribution is -2.42. The molecule has 0 aromatic rings. The molecule has 1 amide bonds. The van der Waals surface area contributed by atoms with Gasteiger partial charge in [0.15, 0.2) is 0 Å². The number of hydrogen-bond donors (Lipinski definition) is 1. The Morgan fingerprint density at radius 2 is 1.80 bits per heavy atom. The summed E-state index contributed by atoms with van der Waals surface area (Å²) in [6.45, 7) is 7.39. The normalized spacial score (nSPS) is 18.2. The highest BCUT2D eigenvalue weighted by Gasteiger charge is 2.23. The van der Waals surface area contributed by atoms with Gasteiger partial charge in [-0.15, -0.1) is 0 Å². The van der Waals surface area contributed by atoms with Crippen molar-refractivity contribution in [2.75, 3.05) is 6.61 Å². The molecule has 0 aliphatic heterocycles. The molecule has 1 N–H and O–H groups in total. The van der Waals surface area contributed by atoms with Gasteiger partial charge >= 0.3 is 12.1 Å². The fourth-order valence-corrected chi connectivity index (χ4v) is 2.22. The molecule has 1 atom stereocenters. The molecule has 0 aromatic heterocycles. The molecule has 0 heterocycles.